The van der Waals surface area contributed by atoms with Gasteiger partial charge in [0.1, 0.15) is 12.4 Å². The van der Waals surface area contributed by atoms with Crippen LogP contribution in [0.4, 0.5) is 13.2 Å². The maximum Gasteiger partial charge on any atom is 0.419 e. The number of hydrogen-bond acceptors (Lipinski definition) is 3. The number of benzene rings is 1. The van der Waals surface area contributed by atoms with Gasteiger partial charge in [-0.15, -0.1) is 12.4 Å². The van der Waals surface area contributed by atoms with Crippen LogP contribution < -0.4 is 15.8 Å². The molecule has 22 heavy (non-hydrogen) atoms. The van der Waals surface area contributed by atoms with E-state index < -0.39 is 11.7 Å². The van der Waals surface area contributed by atoms with E-state index in [0.29, 0.717) is 0 Å². The van der Waals surface area contributed by atoms with Crippen molar-refractivity contribution >= 4 is 18.3 Å². The number of halogens is 4. The van der Waals surface area contributed by atoms with Crippen molar-refractivity contribution in [3.05, 3.63) is 29.8 Å². The number of nitrogens with one attached hydrogen (secondary N) is 1. The van der Waals surface area contributed by atoms with E-state index >= 15 is 0 Å². The fraction of sp³-hybridized carbons (Fsp3) is 0.500. The second kappa shape index (κ2) is 8.85. The molecule has 1 aromatic rings. The van der Waals surface area contributed by atoms with Gasteiger partial charge >= 0.3 is 6.18 Å². The quantitative estimate of drug-likeness (QED) is 0.782. The first-order chi connectivity index (χ1) is 9.73. The number of para-hydroxylation sites is 1. The minimum absolute atomic E-state index is 0. The second-order valence-electron chi connectivity index (χ2n) is 4.78. The van der Waals surface area contributed by atoms with Crippen LogP contribution in [0.5, 0.6) is 5.75 Å². The molecule has 4 nitrogen and oxygen atoms in total. The summed E-state index contributed by atoms with van der Waals surface area (Å²) in [4.78, 5) is 11.6. The van der Waals surface area contributed by atoms with Gasteiger partial charge in [-0.2, -0.15) is 13.2 Å². The Morgan fingerprint density at radius 3 is 2.45 bits per heavy atom. The average Bonchev–Trinajstić information content (AvgIpc) is 2.41. The van der Waals surface area contributed by atoms with Gasteiger partial charge in [0.2, 0.25) is 5.91 Å². The van der Waals surface area contributed by atoms with Gasteiger partial charge in [0.05, 0.1) is 12.1 Å². The summed E-state index contributed by atoms with van der Waals surface area (Å²) in [6, 6.07) is 4.65. The van der Waals surface area contributed by atoms with E-state index in [1.165, 1.54) is 18.2 Å². The summed E-state index contributed by atoms with van der Waals surface area (Å²) in [6.07, 6.45) is -4.47. The lowest BCUT2D eigenvalue weighted by Gasteiger charge is -2.16. The molecular formula is C14H20ClF3N2O2. The van der Waals surface area contributed by atoms with E-state index in [1.807, 2.05) is 0 Å². The minimum atomic E-state index is -4.47. The van der Waals surface area contributed by atoms with Gasteiger partial charge in [-0.1, -0.05) is 19.1 Å². The van der Waals surface area contributed by atoms with Gasteiger partial charge in [-0.25, -0.2) is 0 Å². The molecule has 1 rings (SSSR count). The Labute approximate surface area is 133 Å². The van der Waals surface area contributed by atoms with Crippen LogP contribution in [0.15, 0.2) is 24.3 Å². The Morgan fingerprint density at radius 2 is 1.91 bits per heavy atom. The molecule has 0 aliphatic carbocycles. The number of alkyl halides is 3. The van der Waals surface area contributed by atoms with Crippen molar-refractivity contribution in [2.75, 3.05) is 13.2 Å². The van der Waals surface area contributed by atoms with E-state index in [-0.39, 0.29) is 49.2 Å². The first-order valence-electron chi connectivity index (χ1n) is 6.55. The van der Waals surface area contributed by atoms with Gasteiger partial charge in [0.15, 0.2) is 0 Å². The number of carbonyl (C=O) groups is 1. The largest absolute Gasteiger partial charge is 0.491 e. The molecule has 3 N–H and O–H groups in total. The Morgan fingerprint density at radius 1 is 1.32 bits per heavy atom. The molecule has 0 aromatic heterocycles. The molecule has 0 saturated heterocycles. The summed E-state index contributed by atoms with van der Waals surface area (Å²) in [5.74, 6) is -0.871. The molecule has 8 heteroatoms. The summed E-state index contributed by atoms with van der Waals surface area (Å²) < 4.78 is 43.2. The van der Waals surface area contributed by atoms with Gasteiger partial charge in [0, 0.05) is 12.0 Å². The fourth-order valence-corrected chi connectivity index (χ4v) is 1.56. The fourth-order valence-electron chi connectivity index (χ4n) is 1.56. The monoisotopic (exact) mass is 340 g/mol. The molecule has 0 aliphatic rings. The Hall–Kier alpha value is -1.47. The van der Waals surface area contributed by atoms with E-state index in [0.717, 1.165) is 6.07 Å². The van der Waals surface area contributed by atoms with Crippen LogP contribution in [0, 0.1) is 5.92 Å². The van der Waals surface area contributed by atoms with Crippen molar-refractivity contribution in [3.63, 3.8) is 0 Å². The highest BCUT2D eigenvalue weighted by Crippen LogP contribution is 2.35. The number of rotatable bonds is 6. The van der Waals surface area contributed by atoms with E-state index in [4.69, 9.17) is 10.5 Å². The van der Waals surface area contributed by atoms with Crippen LogP contribution in [-0.4, -0.2) is 25.1 Å². The highest BCUT2D eigenvalue weighted by Gasteiger charge is 2.33. The number of hydrogen-bond donors (Lipinski definition) is 2. The van der Waals surface area contributed by atoms with Crippen LogP contribution >= 0.6 is 12.4 Å². The molecule has 0 aliphatic heterocycles. The lowest BCUT2D eigenvalue weighted by Crippen LogP contribution is -2.40. The number of nitrogens with two attached hydrogens (primary N) is 1. The van der Waals surface area contributed by atoms with Crippen LogP contribution in [0.25, 0.3) is 0 Å². The summed E-state index contributed by atoms with van der Waals surface area (Å²) >= 11 is 0. The molecule has 0 radical (unpaired) electrons. The van der Waals surface area contributed by atoms with Crippen LogP contribution in [0.3, 0.4) is 0 Å². The van der Waals surface area contributed by atoms with Crippen molar-refractivity contribution in [1.82, 2.24) is 5.32 Å². The molecule has 126 valence electrons. The molecule has 0 saturated carbocycles. The van der Waals surface area contributed by atoms with Crippen molar-refractivity contribution in [1.29, 1.82) is 0 Å². The summed E-state index contributed by atoms with van der Waals surface area (Å²) in [7, 11) is 0. The van der Waals surface area contributed by atoms with Crippen LogP contribution in [0.2, 0.25) is 0 Å². The normalized spacial score (nSPS) is 13.7. The van der Waals surface area contributed by atoms with Crippen LogP contribution in [0.1, 0.15) is 19.4 Å². The summed E-state index contributed by atoms with van der Waals surface area (Å²) in [6.45, 7) is 3.45. The standard InChI is InChI=1S/C14H19F3N2O2.ClH/c1-9(10(2)18)13(20)19-7-8-21-12-6-4-3-5-11(12)14(15,16)17;/h3-6,9-10H,7-8,18H2,1-2H3,(H,19,20);1H. The topological polar surface area (TPSA) is 64.4 Å². The molecule has 1 amide bonds. The highest BCUT2D eigenvalue weighted by atomic mass is 35.5. The third-order valence-electron chi connectivity index (χ3n) is 3.05. The maximum absolute atomic E-state index is 12.7. The van der Waals surface area contributed by atoms with Crippen molar-refractivity contribution in [2.24, 2.45) is 11.7 Å². The maximum atomic E-state index is 12.7. The molecular weight excluding hydrogens is 321 g/mol. The van der Waals surface area contributed by atoms with Gasteiger partial charge < -0.3 is 15.8 Å². The first kappa shape index (κ1) is 20.5. The Bertz CT molecular complexity index is 481. The lowest BCUT2D eigenvalue weighted by atomic mass is 10.0. The highest BCUT2D eigenvalue weighted by molar-refractivity contribution is 5.85. The van der Waals surface area contributed by atoms with E-state index in [1.54, 1.807) is 13.8 Å². The van der Waals surface area contributed by atoms with Crippen molar-refractivity contribution < 1.29 is 22.7 Å². The number of carbonyl (C=O) groups excluding carboxylic acids is 1. The van der Waals surface area contributed by atoms with Crippen LogP contribution in [-0.2, 0) is 11.0 Å². The zero-order valence-electron chi connectivity index (χ0n) is 12.3. The smallest absolute Gasteiger partial charge is 0.419 e. The molecule has 2 atom stereocenters. The summed E-state index contributed by atoms with van der Waals surface area (Å²) in [5.41, 5.74) is 4.75. The van der Waals surface area contributed by atoms with Gasteiger partial charge in [0.25, 0.3) is 0 Å². The summed E-state index contributed by atoms with van der Waals surface area (Å²) in [5, 5.41) is 2.57. The molecule has 0 spiro atoms. The van der Waals surface area contributed by atoms with E-state index in [2.05, 4.69) is 5.32 Å². The molecule has 1 aromatic carbocycles. The first-order valence-corrected chi connectivity index (χ1v) is 6.55. The third-order valence-corrected chi connectivity index (χ3v) is 3.05. The van der Waals surface area contributed by atoms with Crippen molar-refractivity contribution in [2.45, 2.75) is 26.1 Å². The van der Waals surface area contributed by atoms with Gasteiger partial charge in [-0.05, 0) is 19.1 Å². The Balaban J connectivity index is 0.00000441. The SMILES string of the molecule is CC(N)C(C)C(=O)NCCOc1ccccc1C(F)(F)F.Cl. The number of ether oxygens (including phenoxy) is 1. The third kappa shape index (κ3) is 6.11. The molecule has 0 fully saturated rings. The zero-order chi connectivity index (χ0) is 16.0. The Kier molecular flexibility index (Phi) is 8.26. The van der Waals surface area contributed by atoms with Crippen molar-refractivity contribution in [3.8, 4) is 5.75 Å². The lowest BCUT2D eigenvalue weighted by molar-refractivity contribution is -0.139. The molecule has 2 unspecified atom stereocenters. The van der Waals surface area contributed by atoms with E-state index in [9.17, 15) is 18.0 Å². The average molecular weight is 341 g/mol. The molecule has 0 heterocycles. The predicted molar refractivity (Wildman–Crippen MR) is 80.0 cm³/mol. The number of amides is 1. The van der Waals surface area contributed by atoms with Gasteiger partial charge in [-0.3, -0.25) is 4.79 Å². The second-order valence-corrected chi connectivity index (χ2v) is 4.78. The minimum Gasteiger partial charge on any atom is -0.491 e. The zero-order valence-corrected chi connectivity index (χ0v) is 13.1. The molecule has 0 bridgehead atoms. The predicted octanol–water partition coefficient (Wildman–Crippen LogP) is 2.61.